The van der Waals surface area contributed by atoms with Crippen LogP contribution in [0.2, 0.25) is 0 Å². The van der Waals surface area contributed by atoms with E-state index in [0.717, 1.165) is 5.69 Å². The van der Waals surface area contributed by atoms with Gasteiger partial charge in [0.2, 0.25) is 0 Å². The van der Waals surface area contributed by atoms with Crippen LogP contribution >= 0.6 is 0 Å². The summed E-state index contributed by atoms with van der Waals surface area (Å²) in [5.74, 6) is -0.781. The highest BCUT2D eigenvalue weighted by atomic mass is 16.4. The Morgan fingerprint density at radius 2 is 2.07 bits per heavy atom. The zero-order valence-electron chi connectivity index (χ0n) is 8.23. The molecule has 0 aliphatic carbocycles. The van der Waals surface area contributed by atoms with Crippen molar-refractivity contribution in [1.82, 2.24) is 0 Å². The molecule has 1 aromatic carbocycles. The molecule has 4 nitrogen and oxygen atoms in total. The van der Waals surface area contributed by atoms with E-state index in [1.54, 1.807) is 24.3 Å². The molecule has 0 aliphatic heterocycles. The average molecular weight is 204 g/mol. The first-order valence-electron chi connectivity index (χ1n) is 4.68. The Kier molecular flexibility index (Phi) is 4.17. The fourth-order valence-corrected chi connectivity index (χ4v) is 1.13. The van der Waals surface area contributed by atoms with Gasteiger partial charge in [0.05, 0.1) is 11.6 Å². The maximum Gasteiger partial charge on any atom is 0.303 e. The Balaban J connectivity index is 2.32. The quantitative estimate of drug-likeness (QED) is 0.718. The van der Waals surface area contributed by atoms with Crippen LogP contribution in [0.3, 0.4) is 0 Å². The zero-order valence-corrected chi connectivity index (χ0v) is 8.23. The maximum atomic E-state index is 10.2. The molecule has 4 heteroatoms. The molecule has 0 fully saturated rings. The second kappa shape index (κ2) is 5.66. The van der Waals surface area contributed by atoms with E-state index in [1.807, 2.05) is 6.07 Å². The van der Waals surface area contributed by atoms with Crippen molar-refractivity contribution in [1.29, 1.82) is 5.26 Å². The number of rotatable bonds is 5. The lowest BCUT2D eigenvalue weighted by molar-refractivity contribution is -0.137. The normalized spacial score (nSPS) is 9.27. The highest BCUT2D eigenvalue weighted by molar-refractivity contribution is 5.66. The van der Waals surface area contributed by atoms with E-state index < -0.39 is 5.97 Å². The van der Waals surface area contributed by atoms with Gasteiger partial charge in [0.25, 0.3) is 0 Å². The molecule has 0 saturated heterocycles. The first kappa shape index (κ1) is 11.1. The Hall–Kier alpha value is -2.02. The number of nitriles is 1. The summed E-state index contributed by atoms with van der Waals surface area (Å²) in [5, 5.41) is 20.1. The standard InChI is InChI=1S/C11H12N2O2/c12-8-9-3-5-10(6-4-9)13-7-1-2-11(14)15/h3-6,13H,1-2,7H2,(H,14,15). The summed E-state index contributed by atoms with van der Waals surface area (Å²) in [7, 11) is 0. The van der Waals surface area contributed by atoms with Crippen molar-refractivity contribution in [2.45, 2.75) is 12.8 Å². The Bertz CT molecular complexity index is 365. The number of carboxylic acids is 1. The van der Waals surface area contributed by atoms with Crippen LogP contribution in [-0.2, 0) is 4.79 Å². The van der Waals surface area contributed by atoms with Crippen LogP contribution in [0.5, 0.6) is 0 Å². The number of aliphatic carboxylic acids is 1. The Morgan fingerprint density at radius 3 is 2.60 bits per heavy atom. The van der Waals surface area contributed by atoms with Gasteiger partial charge in [0.15, 0.2) is 0 Å². The minimum absolute atomic E-state index is 0.170. The van der Waals surface area contributed by atoms with Gasteiger partial charge < -0.3 is 10.4 Å². The molecule has 1 aromatic rings. The van der Waals surface area contributed by atoms with Crippen molar-refractivity contribution in [2.75, 3.05) is 11.9 Å². The lowest BCUT2D eigenvalue weighted by Gasteiger charge is -2.04. The molecule has 0 atom stereocenters. The molecule has 0 radical (unpaired) electrons. The van der Waals surface area contributed by atoms with Crippen LogP contribution in [0.4, 0.5) is 5.69 Å². The van der Waals surface area contributed by atoms with Crippen LogP contribution in [0, 0.1) is 11.3 Å². The SMILES string of the molecule is N#Cc1ccc(NCCCC(=O)O)cc1. The molecule has 0 heterocycles. The predicted octanol–water partition coefficient (Wildman–Crippen LogP) is 1.83. The lowest BCUT2D eigenvalue weighted by atomic mass is 10.2. The summed E-state index contributed by atoms with van der Waals surface area (Å²) in [4.78, 5) is 10.2. The molecule has 0 spiro atoms. The average Bonchev–Trinajstić information content (AvgIpc) is 2.25. The van der Waals surface area contributed by atoms with Crippen LogP contribution in [0.1, 0.15) is 18.4 Å². The molecule has 0 saturated carbocycles. The van der Waals surface area contributed by atoms with E-state index in [0.29, 0.717) is 18.5 Å². The topological polar surface area (TPSA) is 73.1 Å². The fraction of sp³-hybridized carbons (Fsp3) is 0.273. The van der Waals surface area contributed by atoms with Crippen molar-refractivity contribution in [3.63, 3.8) is 0 Å². The van der Waals surface area contributed by atoms with E-state index >= 15 is 0 Å². The van der Waals surface area contributed by atoms with E-state index in [-0.39, 0.29) is 6.42 Å². The fourth-order valence-electron chi connectivity index (χ4n) is 1.13. The van der Waals surface area contributed by atoms with Gasteiger partial charge in [0, 0.05) is 18.7 Å². The second-order valence-electron chi connectivity index (χ2n) is 3.11. The molecule has 0 unspecified atom stereocenters. The van der Waals surface area contributed by atoms with Crippen LogP contribution in [0.15, 0.2) is 24.3 Å². The third-order valence-corrected chi connectivity index (χ3v) is 1.91. The van der Waals surface area contributed by atoms with Gasteiger partial charge in [-0.2, -0.15) is 5.26 Å². The van der Waals surface area contributed by atoms with Gasteiger partial charge in [-0.25, -0.2) is 0 Å². The first-order valence-corrected chi connectivity index (χ1v) is 4.68. The Labute approximate surface area is 88.2 Å². The number of carboxylic acid groups (broad SMARTS) is 1. The molecule has 0 bridgehead atoms. The molecular weight excluding hydrogens is 192 g/mol. The number of nitrogens with one attached hydrogen (secondary N) is 1. The molecule has 0 amide bonds. The van der Waals surface area contributed by atoms with Gasteiger partial charge in [-0.15, -0.1) is 0 Å². The van der Waals surface area contributed by atoms with Gasteiger partial charge in [-0.1, -0.05) is 0 Å². The van der Waals surface area contributed by atoms with E-state index in [1.165, 1.54) is 0 Å². The van der Waals surface area contributed by atoms with Crippen LogP contribution in [-0.4, -0.2) is 17.6 Å². The summed E-state index contributed by atoms with van der Waals surface area (Å²) in [6.45, 7) is 0.623. The number of hydrogen-bond acceptors (Lipinski definition) is 3. The van der Waals surface area contributed by atoms with Crippen molar-refractivity contribution < 1.29 is 9.90 Å². The van der Waals surface area contributed by atoms with Crippen molar-refractivity contribution >= 4 is 11.7 Å². The third-order valence-electron chi connectivity index (χ3n) is 1.91. The second-order valence-corrected chi connectivity index (χ2v) is 3.11. The smallest absolute Gasteiger partial charge is 0.303 e. The highest BCUT2D eigenvalue weighted by Gasteiger charge is 1.96. The van der Waals surface area contributed by atoms with E-state index in [4.69, 9.17) is 10.4 Å². The zero-order chi connectivity index (χ0) is 11.1. The van der Waals surface area contributed by atoms with Crippen LogP contribution < -0.4 is 5.32 Å². The van der Waals surface area contributed by atoms with Crippen molar-refractivity contribution in [3.8, 4) is 6.07 Å². The number of carbonyl (C=O) groups is 1. The van der Waals surface area contributed by atoms with Gasteiger partial charge in [-0.3, -0.25) is 4.79 Å². The lowest BCUT2D eigenvalue weighted by Crippen LogP contribution is -2.04. The highest BCUT2D eigenvalue weighted by Crippen LogP contribution is 2.08. The number of anilines is 1. The van der Waals surface area contributed by atoms with Gasteiger partial charge in [-0.05, 0) is 30.7 Å². The monoisotopic (exact) mass is 204 g/mol. The molecule has 1 rings (SSSR count). The summed E-state index contributed by atoms with van der Waals surface area (Å²) < 4.78 is 0. The van der Waals surface area contributed by atoms with Crippen LogP contribution in [0.25, 0.3) is 0 Å². The molecule has 0 aromatic heterocycles. The number of hydrogen-bond donors (Lipinski definition) is 2. The molecular formula is C11H12N2O2. The number of benzene rings is 1. The summed E-state index contributed by atoms with van der Waals surface area (Å²) in [5.41, 5.74) is 1.52. The summed E-state index contributed by atoms with van der Waals surface area (Å²) >= 11 is 0. The van der Waals surface area contributed by atoms with E-state index in [2.05, 4.69) is 5.32 Å². The first-order chi connectivity index (χ1) is 7.22. The van der Waals surface area contributed by atoms with Gasteiger partial charge >= 0.3 is 5.97 Å². The van der Waals surface area contributed by atoms with E-state index in [9.17, 15) is 4.79 Å². The third kappa shape index (κ3) is 4.14. The summed E-state index contributed by atoms with van der Waals surface area (Å²) in [6, 6.07) is 9.08. The maximum absolute atomic E-state index is 10.2. The predicted molar refractivity (Wildman–Crippen MR) is 56.5 cm³/mol. The van der Waals surface area contributed by atoms with Gasteiger partial charge in [0.1, 0.15) is 0 Å². The van der Waals surface area contributed by atoms with Crippen molar-refractivity contribution in [2.24, 2.45) is 0 Å². The number of nitrogens with zero attached hydrogens (tertiary/aromatic N) is 1. The molecule has 2 N–H and O–H groups in total. The summed E-state index contributed by atoms with van der Waals surface area (Å²) in [6.07, 6.45) is 0.763. The minimum Gasteiger partial charge on any atom is -0.481 e. The van der Waals surface area contributed by atoms with Crippen molar-refractivity contribution in [3.05, 3.63) is 29.8 Å². The Morgan fingerprint density at radius 1 is 1.40 bits per heavy atom. The molecule has 0 aliphatic rings. The molecule has 78 valence electrons. The minimum atomic E-state index is -0.781. The largest absolute Gasteiger partial charge is 0.481 e. The molecule has 15 heavy (non-hydrogen) atoms.